The summed E-state index contributed by atoms with van der Waals surface area (Å²) in [6.07, 6.45) is 14.6. The molecular formula is C28H25N5O. The average Bonchev–Trinajstić information content (AvgIpc) is 3.64. The lowest BCUT2D eigenvalue weighted by atomic mass is 10.1. The number of rotatable bonds is 4. The summed E-state index contributed by atoms with van der Waals surface area (Å²) in [5, 5.41) is 0. The molecule has 0 amide bonds. The van der Waals surface area contributed by atoms with Crippen LogP contribution in [0.2, 0.25) is 0 Å². The van der Waals surface area contributed by atoms with Crippen molar-refractivity contribution < 1.29 is 4.74 Å². The van der Waals surface area contributed by atoms with Crippen LogP contribution in [0, 0.1) is 0 Å². The van der Waals surface area contributed by atoms with Gasteiger partial charge in [0.25, 0.3) is 0 Å². The molecule has 0 radical (unpaired) electrons. The highest BCUT2D eigenvalue weighted by Crippen LogP contribution is 2.30. The van der Waals surface area contributed by atoms with Crippen molar-refractivity contribution in [1.82, 2.24) is 24.8 Å². The van der Waals surface area contributed by atoms with Crippen LogP contribution < -0.4 is 0 Å². The second-order valence-electron chi connectivity index (χ2n) is 8.47. The largest absolute Gasteiger partial charge is 0.383 e. The van der Waals surface area contributed by atoms with Crippen LogP contribution in [0.15, 0.2) is 60.7 Å². The lowest BCUT2D eigenvalue weighted by molar-refractivity contribution is 0.176. The maximum atomic E-state index is 5.38. The zero-order valence-corrected chi connectivity index (χ0v) is 19.0. The van der Waals surface area contributed by atoms with E-state index in [0.29, 0.717) is 6.61 Å². The molecule has 168 valence electrons. The smallest absolute Gasteiger partial charge is 0.0751 e. The molecule has 0 spiro atoms. The Kier molecular flexibility index (Phi) is 5.20. The van der Waals surface area contributed by atoms with Crippen molar-refractivity contribution in [1.29, 1.82) is 0 Å². The molecule has 0 atom stereocenters. The van der Waals surface area contributed by atoms with Crippen LogP contribution in [0.5, 0.6) is 0 Å². The molecule has 0 aliphatic carbocycles. The topological polar surface area (TPSA) is 69.8 Å². The quantitative estimate of drug-likeness (QED) is 0.381. The standard InChI is InChI=1S/C28H25N5O/c1-34-15-14-33-13-3-2-4-27(33)28-25-11-9-23(31-25)17-21-7-5-19(29-21)16-20-6-8-22(30-20)18-24-10-12-26(28)32-24/h2-12,16-18,29,31H,13-15H2,1H3. The van der Waals surface area contributed by atoms with Crippen molar-refractivity contribution in [2.24, 2.45) is 0 Å². The number of H-pyrrole nitrogens is 2. The van der Waals surface area contributed by atoms with Crippen LogP contribution in [-0.2, 0) is 4.74 Å². The van der Waals surface area contributed by atoms with Crippen molar-refractivity contribution in [2.45, 2.75) is 0 Å². The maximum Gasteiger partial charge on any atom is 0.0751 e. The molecule has 0 saturated heterocycles. The van der Waals surface area contributed by atoms with Gasteiger partial charge < -0.3 is 19.6 Å². The van der Waals surface area contributed by atoms with Gasteiger partial charge in [-0.25, -0.2) is 9.97 Å². The normalized spacial score (nSPS) is 14.6. The number of nitrogens with zero attached hydrogens (tertiary/aromatic N) is 3. The second kappa shape index (κ2) is 8.65. The van der Waals surface area contributed by atoms with E-state index in [1.54, 1.807) is 7.11 Å². The summed E-state index contributed by atoms with van der Waals surface area (Å²) in [6, 6.07) is 14.6. The van der Waals surface area contributed by atoms with Gasteiger partial charge in [0, 0.05) is 48.0 Å². The van der Waals surface area contributed by atoms with E-state index in [1.807, 2.05) is 24.3 Å². The number of aromatic amines is 2. The molecule has 6 rings (SSSR count). The van der Waals surface area contributed by atoms with Gasteiger partial charge in [-0.1, -0.05) is 12.2 Å². The molecule has 6 heterocycles. The molecule has 8 bridgehead atoms. The molecule has 34 heavy (non-hydrogen) atoms. The number of allylic oxidation sites excluding steroid dienone is 2. The Morgan fingerprint density at radius 3 is 2.47 bits per heavy atom. The zero-order chi connectivity index (χ0) is 22.9. The lowest BCUT2D eigenvalue weighted by Crippen LogP contribution is -2.28. The molecule has 0 fully saturated rings. The number of ether oxygens (including phenoxy) is 1. The third-order valence-electron chi connectivity index (χ3n) is 6.10. The van der Waals surface area contributed by atoms with Crippen molar-refractivity contribution in [3.63, 3.8) is 0 Å². The van der Waals surface area contributed by atoms with Gasteiger partial charge in [-0.2, -0.15) is 0 Å². The Morgan fingerprint density at radius 2 is 1.59 bits per heavy atom. The second-order valence-corrected chi connectivity index (χ2v) is 8.47. The fourth-order valence-corrected chi connectivity index (χ4v) is 4.48. The molecule has 0 aromatic carbocycles. The maximum absolute atomic E-state index is 5.38. The molecule has 3 aliphatic heterocycles. The van der Waals surface area contributed by atoms with E-state index in [4.69, 9.17) is 14.7 Å². The zero-order valence-electron chi connectivity index (χ0n) is 19.0. The first-order chi connectivity index (χ1) is 16.7. The highest BCUT2D eigenvalue weighted by Gasteiger charge is 2.19. The Morgan fingerprint density at radius 1 is 0.853 bits per heavy atom. The molecule has 0 saturated carbocycles. The van der Waals surface area contributed by atoms with Crippen LogP contribution in [0.1, 0.15) is 28.3 Å². The van der Waals surface area contributed by atoms with Gasteiger partial charge in [-0.15, -0.1) is 0 Å². The van der Waals surface area contributed by atoms with E-state index in [2.05, 4.69) is 75.6 Å². The van der Waals surface area contributed by atoms with Crippen LogP contribution in [0.4, 0.5) is 0 Å². The first kappa shape index (κ1) is 20.4. The fourth-order valence-electron chi connectivity index (χ4n) is 4.48. The van der Waals surface area contributed by atoms with Crippen molar-refractivity contribution >= 4 is 52.1 Å². The monoisotopic (exact) mass is 447 g/mol. The van der Waals surface area contributed by atoms with Crippen LogP contribution in [-0.4, -0.2) is 51.6 Å². The molecule has 2 N–H and O–H groups in total. The van der Waals surface area contributed by atoms with Crippen molar-refractivity contribution in [3.8, 4) is 0 Å². The number of nitrogens with one attached hydrogen (secondary N) is 2. The predicted molar refractivity (Wildman–Crippen MR) is 139 cm³/mol. The fraction of sp³-hybridized carbons (Fsp3) is 0.143. The number of hydrogen-bond acceptors (Lipinski definition) is 4. The summed E-state index contributed by atoms with van der Waals surface area (Å²) in [7, 11) is 1.74. The van der Waals surface area contributed by atoms with E-state index < -0.39 is 0 Å². The summed E-state index contributed by atoms with van der Waals surface area (Å²) in [6.45, 7) is 2.30. The first-order valence-electron chi connectivity index (χ1n) is 11.4. The highest BCUT2D eigenvalue weighted by atomic mass is 16.5. The van der Waals surface area contributed by atoms with Crippen molar-refractivity contribution in [3.05, 3.63) is 89.0 Å². The Hall–Kier alpha value is -4.16. The third-order valence-corrected chi connectivity index (χ3v) is 6.10. The highest BCUT2D eigenvalue weighted by molar-refractivity contribution is 5.88. The molecule has 0 unspecified atom stereocenters. The minimum absolute atomic E-state index is 0.660. The van der Waals surface area contributed by atoms with Crippen LogP contribution >= 0.6 is 0 Å². The minimum Gasteiger partial charge on any atom is -0.383 e. The molecule has 6 heteroatoms. The average molecular weight is 448 g/mol. The van der Waals surface area contributed by atoms with Gasteiger partial charge in [0.2, 0.25) is 0 Å². The van der Waals surface area contributed by atoms with Gasteiger partial charge >= 0.3 is 0 Å². The summed E-state index contributed by atoms with van der Waals surface area (Å²) in [5.74, 6) is 0. The van der Waals surface area contributed by atoms with Gasteiger partial charge in [0.05, 0.1) is 34.9 Å². The molecule has 3 aromatic rings. The van der Waals surface area contributed by atoms with Crippen molar-refractivity contribution in [2.75, 3.05) is 26.8 Å². The van der Waals surface area contributed by atoms with E-state index in [-0.39, 0.29) is 0 Å². The van der Waals surface area contributed by atoms with Crippen LogP contribution in [0.25, 0.3) is 52.1 Å². The Balaban J connectivity index is 1.64. The van der Waals surface area contributed by atoms with E-state index in [9.17, 15) is 0 Å². The summed E-state index contributed by atoms with van der Waals surface area (Å²) in [4.78, 5) is 19.1. The SMILES string of the molecule is COCCN1CC=CC=C1c1c2nc(cc3nc(cc4ccc(cc5ccc1[nH]5)[nH]4)C=C3)C=C2. The van der Waals surface area contributed by atoms with Gasteiger partial charge in [0.1, 0.15) is 0 Å². The molecule has 3 aromatic heterocycles. The summed E-state index contributed by atoms with van der Waals surface area (Å²) >= 11 is 0. The minimum atomic E-state index is 0.660. The Labute approximate surface area is 197 Å². The third kappa shape index (κ3) is 4.00. The molecule has 3 aliphatic rings. The summed E-state index contributed by atoms with van der Waals surface area (Å²) < 4.78 is 5.38. The number of hydrogen-bond donors (Lipinski definition) is 2. The van der Waals surface area contributed by atoms with Gasteiger partial charge in [-0.3, -0.25) is 0 Å². The van der Waals surface area contributed by atoms with Gasteiger partial charge in [-0.05, 0) is 72.8 Å². The number of methoxy groups -OCH3 is 1. The van der Waals surface area contributed by atoms with E-state index in [0.717, 1.165) is 69.2 Å². The number of aromatic nitrogens is 4. The molecule has 6 nitrogen and oxygen atoms in total. The van der Waals surface area contributed by atoms with Gasteiger partial charge in [0.15, 0.2) is 0 Å². The predicted octanol–water partition coefficient (Wildman–Crippen LogP) is 5.51. The van der Waals surface area contributed by atoms with Crippen LogP contribution in [0.3, 0.4) is 0 Å². The lowest BCUT2D eigenvalue weighted by Gasteiger charge is -2.28. The Bertz CT molecular complexity index is 1530. The summed E-state index contributed by atoms with van der Waals surface area (Å²) in [5.41, 5.74) is 9.93. The van der Waals surface area contributed by atoms with E-state index in [1.165, 1.54) is 0 Å². The molecular weight excluding hydrogens is 422 g/mol. The first-order valence-corrected chi connectivity index (χ1v) is 11.4. The number of fused-ring (bicyclic) bond motifs is 8. The van der Waals surface area contributed by atoms with E-state index >= 15 is 0 Å².